The van der Waals surface area contributed by atoms with Crippen molar-refractivity contribution in [1.29, 1.82) is 0 Å². The summed E-state index contributed by atoms with van der Waals surface area (Å²) in [7, 11) is 0. The minimum atomic E-state index is -1.12. The highest BCUT2D eigenvalue weighted by molar-refractivity contribution is 6.30. The van der Waals surface area contributed by atoms with Crippen LogP contribution in [0.4, 0.5) is 10.1 Å². The van der Waals surface area contributed by atoms with Crippen molar-refractivity contribution in [1.82, 2.24) is 0 Å². The molecule has 5 heteroatoms. The second-order valence-electron chi connectivity index (χ2n) is 5.10. The molecule has 0 heterocycles. The van der Waals surface area contributed by atoms with Crippen LogP contribution < -0.4 is 11.1 Å². The lowest BCUT2D eigenvalue weighted by Crippen LogP contribution is -2.49. The molecule has 0 saturated heterocycles. The van der Waals surface area contributed by atoms with Crippen LogP contribution in [-0.4, -0.2) is 11.4 Å². The lowest BCUT2D eigenvalue weighted by atomic mass is 9.91. The van der Waals surface area contributed by atoms with E-state index in [2.05, 4.69) is 5.32 Å². The summed E-state index contributed by atoms with van der Waals surface area (Å²) < 4.78 is 13.8. The summed E-state index contributed by atoms with van der Waals surface area (Å²) in [5.41, 5.74) is 5.46. The first kappa shape index (κ1) is 15.3. The zero-order valence-corrected chi connectivity index (χ0v) is 12.3. The van der Waals surface area contributed by atoms with Crippen molar-refractivity contribution in [3.8, 4) is 0 Å². The maximum Gasteiger partial charge on any atom is 0.243 e. The van der Waals surface area contributed by atoms with Crippen LogP contribution in [0.5, 0.6) is 0 Å². The van der Waals surface area contributed by atoms with Crippen molar-refractivity contribution in [3.63, 3.8) is 0 Å². The first-order valence-electron chi connectivity index (χ1n) is 6.48. The molecule has 0 bridgehead atoms. The van der Waals surface area contributed by atoms with Gasteiger partial charge >= 0.3 is 0 Å². The van der Waals surface area contributed by atoms with E-state index < -0.39 is 11.4 Å². The SMILES string of the molecule is CC(Cc1ccccc1F)(Nc1cccc(Cl)c1)C(N)=O. The second-order valence-corrected chi connectivity index (χ2v) is 5.54. The molecule has 3 nitrogen and oxygen atoms in total. The first-order valence-corrected chi connectivity index (χ1v) is 6.85. The molecule has 0 radical (unpaired) electrons. The number of hydrogen-bond acceptors (Lipinski definition) is 2. The van der Waals surface area contributed by atoms with E-state index >= 15 is 0 Å². The van der Waals surface area contributed by atoms with Crippen molar-refractivity contribution in [2.24, 2.45) is 5.73 Å². The minimum Gasteiger partial charge on any atom is -0.371 e. The molecule has 0 aliphatic rings. The summed E-state index contributed by atoms with van der Waals surface area (Å²) in [4.78, 5) is 11.8. The zero-order valence-electron chi connectivity index (χ0n) is 11.6. The first-order chi connectivity index (χ1) is 9.90. The largest absolute Gasteiger partial charge is 0.371 e. The summed E-state index contributed by atoms with van der Waals surface area (Å²) in [5, 5.41) is 3.59. The van der Waals surface area contributed by atoms with Gasteiger partial charge in [0.25, 0.3) is 0 Å². The summed E-state index contributed by atoms with van der Waals surface area (Å²) in [5.74, 6) is -0.927. The van der Waals surface area contributed by atoms with Gasteiger partial charge in [0.15, 0.2) is 0 Å². The van der Waals surface area contributed by atoms with E-state index in [-0.39, 0.29) is 12.2 Å². The molecule has 1 unspecified atom stereocenters. The Hall–Kier alpha value is -2.07. The Labute approximate surface area is 127 Å². The fourth-order valence-corrected chi connectivity index (χ4v) is 2.29. The van der Waals surface area contributed by atoms with Crippen molar-refractivity contribution < 1.29 is 9.18 Å². The maximum absolute atomic E-state index is 13.8. The molecule has 0 aliphatic carbocycles. The highest BCUT2D eigenvalue weighted by atomic mass is 35.5. The van der Waals surface area contributed by atoms with Crippen molar-refractivity contribution >= 4 is 23.2 Å². The Morgan fingerprint density at radius 2 is 2.00 bits per heavy atom. The third-order valence-corrected chi connectivity index (χ3v) is 3.53. The van der Waals surface area contributed by atoms with Crippen LogP contribution in [0.15, 0.2) is 48.5 Å². The molecule has 0 aliphatic heterocycles. The lowest BCUT2D eigenvalue weighted by Gasteiger charge is -2.29. The highest BCUT2D eigenvalue weighted by Crippen LogP contribution is 2.23. The number of primary amides is 1. The van der Waals surface area contributed by atoms with Crippen LogP contribution in [0.3, 0.4) is 0 Å². The summed E-state index contributed by atoms with van der Waals surface area (Å²) in [6.45, 7) is 1.64. The predicted molar refractivity (Wildman–Crippen MR) is 82.8 cm³/mol. The number of nitrogens with one attached hydrogen (secondary N) is 1. The number of hydrogen-bond donors (Lipinski definition) is 2. The molecule has 21 heavy (non-hydrogen) atoms. The van der Waals surface area contributed by atoms with Crippen molar-refractivity contribution in [3.05, 3.63) is 64.9 Å². The van der Waals surface area contributed by atoms with Gasteiger partial charge in [0.2, 0.25) is 5.91 Å². The highest BCUT2D eigenvalue weighted by Gasteiger charge is 2.32. The summed E-state index contributed by atoms with van der Waals surface area (Å²) in [6.07, 6.45) is 0.140. The average molecular weight is 307 g/mol. The van der Waals surface area contributed by atoms with E-state index in [1.807, 2.05) is 0 Å². The van der Waals surface area contributed by atoms with Gasteiger partial charge in [-0.25, -0.2) is 4.39 Å². The topological polar surface area (TPSA) is 55.1 Å². The summed E-state index contributed by atoms with van der Waals surface area (Å²) in [6, 6.07) is 13.3. The number of rotatable bonds is 5. The molecule has 2 aromatic rings. The molecule has 2 rings (SSSR count). The molecular formula is C16H16ClFN2O. The van der Waals surface area contributed by atoms with E-state index in [4.69, 9.17) is 17.3 Å². The smallest absolute Gasteiger partial charge is 0.243 e. The van der Waals surface area contributed by atoms with Crippen LogP contribution in [-0.2, 0) is 11.2 Å². The van der Waals surface area contributed by atoms with E-state index in [9.17, 15) is 9.18 Å². The normalized spacial score (nSPS) is 13.5. The molecule has 0 fully saturated rings. The van der Waals surface area contributed by atoms with Gasteiger partial charge in [-0.05, 0) is 36.8 Å². The number of carbonyl (C=O) groups is 1. The quantitative estimate of drug-likeness (QED) is 0.890. The van der Waals surface area contributed by atoms with Gasteiger partial charge in [-0.1, -0.05) is 35.9 Å². The van der Waals surface area contributed by atoms with Gasteiger partial charge in [-0.3, -0.25) is 4.79 Å². The number of nitrogens with two attached hydrogens (primary N) is 1. The van der Waals surface area contributed by atoms with Gasteiger partial charge in [0.05, 0.1) is 0 Å². The molecule has 3 N–H and O–H groups in total. The van der Waals surface area contributed by atoms with Gasteiger partial charge in [-0.15, -0.1) is 0 Å². The van der Waals surface area contributed by atoms with Crippen LogP contribution in [0.2, 0.25) is 5.02 Å². The molecule has 0 saturated carbocycles. The van der Waals surface area contributed by atoms with Crippen LogP contribution in [0, 0.1) is 5.82 Å². The van der Waals surface area contributed by atoms with Crippen LogP contribution in [0.25, 0.3) is 0 Å². The Balaban J connectivity index is 2.29. The number of halogens is 2. The maximum atomic E-state index is 13.8. The predicted octanol–water partition coefficient (Wildman–Crippen LogP) is 3.38. The van der Waals surface area contributed by atoms with Gasteiger partial charge < -0.3 is 11.1 Å². The van der Waals surface area contributed by atoms with Crippen LogP contribution >= 0.6 is 11.6 Å². The van der Waals surface area contributed by atoms with Crippen LogP contribution in [0.1, 0.15) is 12.5 Å². The van der Waals surface area contributed by atoms with Crippen molar-refractivity contribution in [2.75, 3.05) is 5.32 Å². The lowest BCUT2D eigenvalue weighted by molar-refractivity contribution is -0.121. The Bertz CT molecular complexity index is 662. The Kier molecular flexibility index (Phi) is 4.48. The van der Waals surface area contributed by atoms with Gasteiger partial charge in [0.1, 0.15) is 11.4 Å². The standard InChI is InChI=1S/C16H16ClFN2O/c1-16(15(19)21,10-11-5-2-3-8-14(11)18)20-13-7-4-6-12(17)9-13/h2-9,20H,10H2,1H3,(H2,19,21). The van der Waals surface area contributed by atoms with E-state index in [0.29, 0.717) is 16.3 Å². The minimum absolute atomic E-state index is 0.140. The number of benzene rings is 2. The van der Waals surface area contributed by atoms with Gasteiger partial charge in [-0.2, -0.15) is 0 Å². The third-order valence-electron chi connectivity index (χ3n) is 3.29. The molecule has 0 spiro atoms. The van der Waals surface area contributed by atoms with E-state index in [1.54, 1.807) is 49.4 Å². The molecule has 1 atom stereocenters. The van der Waals surface area contributed by atoms with E-state index in [0.717, 1.165) is 0 Å². The fraction of sp³-hybridized carbons (Fsp3) is 0.188. The number of amides is 1. The second kappa shape index (κ2) is 6.14. The zero-order chi connectivity index (χ0) is 15.5. The third kappa shape index (κ3) is 3.73. The molecule has 2 aromatic carbocycles. The Morgan fingerprint density at radius 3 is 2.62 bits per heavy atom. The molecule has 1 amide bonds. The number of carbonyl (C=O) groups excluding carboxylic acids is 1. The Morgan fingerprint density at radius 1 is 1.29 bits per heavy atom. The fourth-order valence-electron chi connectivity index (χ4n) is 2.10. The average Bonchev–Trinajstić information content (AvgIpc) is 2.41. The summed E-state index contributed by atoms with van der Waals surface area (Å²) >= 11 is 5.92. The monoisotopic (exact) mass is 306 g/mol. The van der Waals surface area contributed by atoms with Gasteiger partial charge in [0, 0.05) is 17.1 Å². The van der Waals surface area contributed by atoms with E-state index in [1.165, 1.54) is 6.07 Å². The molecule has 0 aromatic heterocycles. The van der Waals surface area contributed by atoms with Crippen molar-refractivity contribution in [2.45, 2.75) is 18.9 Å². The molecule has 110 valence electrons. The number of anilines is 1. The molecular weight excluding hydrogens is 291 g/mol.